The van der Waals surface area contributed by atoms with Gasteiger partial charge in [0.15, 0.2) is 6.33 Å². The summed E-state index contributed by atoms with van der Waals surface area (Å²) in [5, 5.41) is 12.2. The Labute approximate surface area is 64.3 Å². The molecule has 4 nitrogen and oxygen atoms in total. The minimum atomic E-state index is 0. The van der Waals surface area contributed by atoms with E-state index >= 15 is 0 Å². The number of tetrazole rings is 1. The molecule has 0 aliphatic rings. The van der Waals surface area contributed by atoms with Crippen molar-refractivity contribution in [3.63, 3.8) is 0 Å². The number of H-pyrrole nitrogens is 1. The van der Waals surface area contributed by atoms with Crippen molar-refractivity contribution < 1.29 is 37.7 Å². The molecular formula is CH2ArN4. The van der Waals surface area contributed by atoms with Crippen LogP contribution >= 0.6 is 0 Å². The molecular weight excluding hydrogens is 108 g/mol. The molecule has 0 spiro atoms. The third-order valence-electron chi connectivity index (χ3n) is 0.270. The molecule has 0 saturated carbocycles. The van der Waals surface area contributed by atoms with E-state index in [0.29, 0.717) is 0 Å². The molecule has 0 atom stereocenters. The molecule has 6 heavy (non-hydrogen) atoms. The maximum absolute atomic E-state index is 3.38. The van der Waals surface area contributed by atoms with E-state index < -0.39 is 0 Å². The van der Waals surface area contributed by atoms with Gasteiger partial charge in [0.05, 0.1) is 0 Å². The molecule has 1 aromatic rings. The van der Waals surface area contributed by atoms with Gasteiger partial charge in [0.25, 0.3) is 0 Å². The van der Waals surface area contributed by atoms with Gasteiger partial charge in [0, 0.05) is 37.7 Å². The van der Waals surface area contributed by atoms with Gasteiger partial charge in [0.2, 0.25) is 0 Å². The average molecular weight is 110 g/mol. The standard InChI is InChI=1S/CH2N4.Ar/c1-2-4-5-3-1;/h1H,(H,2,3,4,5);. The largest absolute Gasteiger partial charge is 0.177 e. The van der Waals surface area contributed by atoms with Crippen LogP contribution in [0.2, 0.25) is 0 Å². The first-order valence-electron chi connectivity index (χ1n) is 1.16. The number of aromatic amines is 1. The Balaban J connectivity index is 0.000000250. The molecule has 1 rings (SSSR count). The van der Waals surface area contributed by atoms with E-state index in [4.69, 9.17) is 0 Å². The summed E-state index contributed by atoms with van der Waals surface area (Å²) in [4.78, 5) is 0. The SMILES string of the molecule is [Ar].c1nn[nH]n1. The predicted molar refractivity (Wildman–Crippen MR) is 14.2 cm³/mol. The van der Waals surface area contributed by atoms with Crippen LogP contribution in [-0.2, 0) is 0 Å². The van der Waals surface area contributed by atoms with E-state index in [1.54, 1.807) is 0 Å². The zero-order chi connectivity index (χ0) is 3.54. The van der Waals surface area contributed by atoms with Crippen LogP contribution in [-0.4, -0.2) is 20.6 Å². The number of hydrogen-bond acceptors (Lipinski definition) is 3. The van der Waals surface area contributed by atoms with Crippen molar-refractivity contribution in [2.75, 3.05) is 0 Å². The third-order valence-corrected chi connectivity index (χ3v) is 0.270. The Hall–Kier alpha value is 0.330. The zero-order valence-electron chi connectivity index (χ0n) is 2.77. The van der Waals surface area contributed by atoms with Crippen molar-refractivity contribution in [3.05, 3.63) is 6.33 Å². The summed E-state index contributed by atoms with van der Waals surface area (Å²) < 4.78 is 0. The van der Waals surface area contributed by atoms with E-state index in [0.717, 1.165) is 0 Å². The van der Waals surface area contributed by atoms with Crippen molar-refractivity contribution in [2.24, 2.45) is 0 Å². The summed E-state index contributed by atoms with van der Waals surface area (Å²) >= 11 is 0. The second-order valence-electron chi connectivity index (χ2n) is 0.560. The summed E-state index contributed by atoms with van der Waals surface area (Å²) in [6.07, 6.45) is 1.33. The predicted octanol–water partition coefficient (Wildman–Crippen LogP) is -0.800. The van der Waals surface area contributed by atoms with Crippen molar-refractivity contribution >= 4 is 0 Å². The molecule has 0 fully saturated rings. The Morgan fingerprint density at radius 1 is 1.50 bits per heavy atom. The summed E-state index contributed by atoms with van der Waals surface area (Å²) in [5.74, 6) is 0. The number of nitrogens with zero attached hydrogens (tertiary/aromatic N) is 3. The van der Waals surface area contributed by atoms with Gasteiger partial charge in [-0.05, 0) is 0 Å². The van der Waals surface area contributed by atoms with E-state index in [1.165, 1.54) is 6.33 Å². The quantitative estimate of drug-likeness (QED) is 0.475. The van der Waals surface area contributed by atoms with Crippen molar-refractivity contribution in [1.82, 2.24) is 20.6 Å². The molecule has 0 aliphatic carbocycles. The van der Waals surface area contributed by atoms with Crippen LogP contribution in [0.15, 0.2) is 6.33 Å². The topological polar surface area (TPSA) is 54.5 Å². The van der Waals surface area contributed by atoms with Crippen LogP contribution in [0.5, 0.6) is 0 Å². The fourth-order valence-electron chi connectivity index (χ4n) is 0.129. The van der Waals surface area contributed by atoms with Gasteiger partial charge >= 0.3 is 0 Å². The first-order chi connectivity index (χ1) is 2.50. The van der Waals surface area contributed by atoms with Gasteiger partial charge in [-0.1, -0.05) is 5.21 Å². The third kappa shape index (κ3) is 1.69. The average Bonchev–Trinajstić information content (AvgIpc) is 1.76. The number of nitrogens with one attached hydrogen (secondary N) is 1. The van der Waals surface area contributed by atoms with E-state index in [2.05, 4.69) is 20.6 Å². The first-order valence-corrected chi connectivity index (χ1v) is 1.16. The van der Waals surface area contributed by atoms with Crippen LogP contribution in [0.25, 0.3) is 0 Å². The van der Waals surface area contributed by atoms with Gasteiger partial charge in [-0.25, -0.2) is 0 Å². The minimum absolute atomic E-state index is 0. The Bertz CT molecular complexity index is 64.0. The molecule has 1 aromatic heterocycles. The van der Waals surface area contributed by atoms with Crippen LogP contribution in [0.1, 0.15) is 0 Å². The van der Waals surface area contributed by atoms with Gasteiger partial charge in [-0.15, -0.1) is 10.2 Å². The Kier molecular flexibility index (Phi) is 3.71. The van der Waals surface area contributed by atoms with Crippen molar-refractivity contribution in [1.29, 1.82) is 0 Å². The molecule has 34 valence electrons. The van der Waals surface area contributed by atoms with Crippen LogP contribution in [0.3, 0.4) is 0 Å². The van der Waals surface area contributed by atoms with E-state index in [9.17, 15) is 0 Å². The normalized spacial score (nSPS) is 6.67. The molecule has 0 aromatic carbocycles. The monoisotopic (exact) mass is 110 g/mol. The maximum Gasteiger partial charge on any atom is 0.161 e. The van der Waals surface area contributed by atoms with Gasteiger partial charge in [0.1, 0.15) is 0 Å². The second-order valence-corrected chi connectivity index (χ2v) is 0.560. The number of aromatic nitrogens is 4. The zero-order valence-corrected chi connectivity index (χ0v) is 3.48. The summed E-state index contributed by atoms with van der Waals surface area (Å²) in [7, 11) is 0. The second kappa shape index (κ2) is 3.52. The summed E-state index contributed by atoms with van der Waals surface area (Å²) in [5.41, 5.74) is 0. The van der Waals surface area contributed by atoms with E-state index in [-0.39, 0.29) is 37.7 Å². The van der Waals surface area contributed by atoms with Crippen molar-refractivity contribution in [3.8, 4) is 0 Å². The fourth-order valence-corrected chi connectivity index (χ4v) is 0.129. The van der Waals surface area contributed by atoms with E-state index in [1.807, 2.05) is 0 Å². The van der Waals surface area contributed by atoms with Gasteiger partial charge in [-0.3, -0.25) is 0 Å². The fraction of sp³-hybridized carbons (Fsp3) is 0. The number of rotatable bonds is 0. The number of hydrogen-bond donors (Lipinski definition) is 1. The maximum atomic E-state index is 3.38. The molecule has 0 radical (unpaired) electrons. The minimum Gasteiger partial charge on any atom is -0.177 e. The van der Waals surface area contributed by atoms with Gasteiger partial charge < -0.3 is 0 Å². The molecule has 0 unspecified atom stereocenters. The first kappa shape index (κ1) is 6.33. The molecule has 0 bridgehead atoms. The summed E-state index contributed by atoms with van der Waals surface area (Å²) in [6, 6.07) is 0. The van der Waals surface area contributed by atoms with Crippen LogP contribution < -0.4 is 0 Å². The van der Waals surface area contributed by atoms with Crippen molar-refractivity contribution in [2.45, 2.75) is 0 Å². The molecule has 1 N–H and O–H groups in total. The van der Waals surface area contributed by atoms with Gasteiger partial charge in [-0.2, -0.15) is 5.21 Å². The molecule has 0 aliphatic heterocycles. The van der Waals surface area contributed by atoms with Crippen LogP contribution in [0.4, 0.5) is 0 Å². The molecule has 5 heteroatoms. The van der Waals surface area contributed by atoms with Crippen LogP contribution in [0, 0.1) is 37.7 Å². The smallest absolute Gasteiger partial charge is 0.161 e. The summed E-state index contributed by atoms with van der Waals surface area (Å²) in [6.45, 7) is 0. The Morgan fingerprint density at radius 3 is 2.50 bits per heavy atom. The Morgan fingerprint density at radius 2 is 2.33 bits per heavy atom. The molecule has 1 heterocycles. The molecule has 0 amide bonds. The molecule has 0 saturated heterocycles.